The molecule has 0 unspecified atom stereocenters. The molecule has 1 saturated heterocycles. The maximum absolute atomic E-state index is 11.2. The molecule has 2 rings (SSSR count). The fourth-order valence-corrected chi connectivity index (χ4v) is 1.81. The van der Waals surface area contributed by atoms with Crippen molar-refractivity contribution in [1.29, 1.82) is 0 Å². The van der Waals surface area contributed by atoms with Gasteiger partial charge in [-0.3, -0.25) is 4.98 Å². The Morgan fingerprint density at radius 2 is 2.22 bits per heavy atom. The highest BCUT2D eigenvalue weighted by molar-refractivity contribution is 5.88. The number of pyridine rings is 1. The molecule has 6 heteroatoms. The quantitative estimate of drug-likeness (QED) is 0.724. The first-order valence-electron chi connectivity index (χ1n) is 5.64. The van der Waals surface area contributed by atoms with E-state index in [0.29, 0.717) is 11.3 Å². The summed E-state index contributed by atoms with van der Waals surface area (Å²) in [5.74, 6) is -0.450. The van der Waals surface area contributed by atoms with E-state index in [0.717, 1.165) is 0 Å². The van der Waals surface area contributed by atoms with Crippen LogP contribution in [-0.4, -0.2) is 47.1 Å². The normalized spacial score (nSPS) is 27.8. The van der Waals surface area contributed by atoms with Gasteiger partial charge in [0.25, 0.3) is 0 Å². The lowest BCUT2D eigenvalue weighted by Crippen LogP contribution is -2.38. The Bertz CT molecular complexity index is 419. The fraction of sp³-hybridized carbons (Fsp3) is 0.500. The number of nitrogens with zero attached hydrogens (tertiary/aromatic N) is 1. The summed E-state index contributed by atoms with van der Waals surface area (Å²) in [5.41, 5.74) is 0.978. The van der Waals surface area contributed by atoms with Gasteiger partial charge in [0.05, 0.1) is 31.1 Å². The minimum Gasteiger partial charge on any atom is -0.465 e. The van der Waals surface area contributed by atoms with E-state index >= 15 is 0 Å². The van der Waals surface area contributed by atoms with Crippen molar-refractivity contribution in [2.45, 2.75) is 24.7 Å². The maximum Gasteiger partial charge on any atom is 0.339 e. The molecule has 0 radical (unpaired) electrons. The molecule has 1 aromatic rings. The van der Waals surface area contributed by atoms with Gasteiger partial charge >= 0.3 is 5.97 Å². The lowest BCUT2D eigenvalue weighted by Gasteiger charge is -2.30. The molecule has 0 bridgehead atoms. The highest BCUT2D eigenvalue weighted by Gasteiger charge is 2.29. The van der Waals surface area contributed by atoms with Crippen molar-refractivity contribution in [2.24, 2.45) is 0 Å². The van der Waals surface area contributed by atoms with Gasteiger partial charge in [0, 0.05) is 12.6 Å². The van der Waals surface area contributed by atoms with Crippen molar-refractivity contribution in [2.75, 3.05) is 13.7 Å². The average Bonchev–Trinajstić information content (AvgIpc) is 2.41. The van der Waals surface area contributed by atoms with E-state index in [1.165, 1.54) is 13.3 Å². The molecule has 0 spiro atoms. The number of rotatable bonds is 2. The van der Waals surface area contributed by atoms with E-state index in [2.05, 4.69) is 9.72 Å². The molecule has 98 valence electrons. The molecule has 2 N–H and O–H groups in total. The third kappa shape index (κ3) is 2.66. The zero-order chi connectivity index (χ0) is 13.1. The van der Waals surface area contributed by atoms with Crippen LogP contribution in [0.15, 0.2) is 18.3 Å². The molecule has 6 nitrogen and oxygen atoms in total. The summed E-state index contributed by atoms with van der Waals surface area (Å²) in [6, 6.07) is 3.25. The summed E-state index contributed by atoms with van der Waals surface area (Å²) < 4.78 is 9.95. The monoisotopic (exact) mass is 253 g/mol. The van der Waals surface area contributed by atoms with Crippen LogP contribution in [-0.2, 0) is 9.47 Å². The number of ether oxygens (including phenoxy) is 2. The van der Waals surface area contributed by atoms with Crippen LogP contribution in [0.25, 0.3) is 0 Å². The van der Waals surface area contributed by atoms with E-state index in [1.54, 1.807) is 12.1 Å². The van der Waals surface area contributed by atoms with Gasteiger partial charge in [-0.15, -0.1) is 0 Å². The van der Waals surface area contributed by atoms with Crippen LogP contribution in [0.3, 0.4) is 0 Å². The summed E-state index contributed by atoms with van der Waals surface area (Å²) >= 11 is 0. The second-order valence-corrected chi connectivity index (χ2v) is 4.16. The number of hydrogen-bond donors (Lipinski definition) is 2. The minimum atomic E-state index is -0.851. The third-order valence-corrected chi connectivity index (χ3v) is 2.91. The molecule has 0 amide bonds. The molecule has 0 saturated carbocycles. The fourth-order valence-electron chi connectivity index (χ4n) is 1.81. The van der Waals surface area contributed by atoms with Crippen molar-refractivity contribution in [1.82, 2.24) is 4.98 Å². The van der Waals surface area contributed by atoms with Gasteiger partial charge in [-0.1, -0.05) is 0 Å². The van der Waals surface area contributed by atoms with Crippen LogP contribution >= 0.6 is 0 Å². The first kappa shape index (κ1) is 12.9. The summed E-state index contributed by atoms with van der Waals surface area (Å²) in [7, 11) is 1.30. The predicted molar refractivity (Wildman–Crippen MR) is 60.9 cm³/mol. The Kier molecular flexibility index (Phi) is 3.90. The molecule has 3 atom stereocenters. The van der Waals surface area contributed by atoms with Crippen LogP contribution in [0.5, 0.6) is 0 Å². The third-order valence-electron chi connectivity index (χ3n) is 2.91. The predicted octanol–water partition coefficient (Wildman–Crippen LogP) is 0.0514. The number of carbonyl (C=O) groups excluding carboxylic acids is 1. The molecule has 1 aromatic heterocycles. The number of aromatic nitrogens is 1. The van der Waals surface area contributed by atoms with E-state index < -0.39 is 18.2 Å². The second-order valence-electron chi connectivity index (χ2n) is 4.16. The molecule has 1 aliphatic heterocycles. The van der Waals surface area contributed by atoms with E-state index in [-0.39, 0.29) is 19.1 Å². The van der Waals surface area contributed by atoms with Crippen molar-refractivity contribution >= 4 is 5.97 Å². The Morgan fingerprint density at radius 1 is 1.44 bits per heavy atom. The van der Waals surface area contributed by atoms with Crippen LogP contribution in [0.4, 0.5) is 0 Å². The average molecular weight is 253 g/mol. The van der Waals surface area contributed by atoms with Crippen molar-refractivity contribution < 1.29 is 24.5 Å². The molecular weight excluding hydrogens is 238 g/mol. The van der Waals surface area contributed by atoms with Crippen LogP contribution in [0.2, 0.25) is 0 Å². The molecule has 1 fully saturated rings. The van der Waals surface area contributed by atoms with Crippen LogP contribution in [0, 0.1) is 0 Å². The van der Waals surface area contributed by atoms with Gasteiger partial charge in [0.1, 0.15) is 12.2 Å². The van der Waals surface area contributed by atoms with Gasteiger partial charge in [-0.25, -0.2) is 4.79 Å². The highest BCUT2D eigenvalue weighted by Crippen LogP contribution is 2.27. The maximum atomic E-state index is 11.2. The van der Waals surface area contributed by atoms with Crippen LogP contribution in [0.1, 0.15) is 28.6 Å². The number of carbonyl (C=O) groups is 1. The zero-order valence-corrected chi connectivity index (χ0v) is 9.94. The summed E-state index contributed by atoms with van der Waals surface area (Å²) in [6.07, 6.45) is -0.343. The molecule has 2 heterocycles. The highest BCUT2D eigenvalue weighted by atomic mass is 16.5. The Hall–Kier alpha value is -1.50. The number of methoxy groups -OCH3 is 1. The summed E-state index contributed by atoms with van der Waals surface area (Å²) in [5, 5.41) is 18.9. The van der Waals surface area contributed by atoms with Crippen molar-refractivity contribution in [3.05, 3.63) is 29.6 Å². The smallest absolute Gasteiger partial charge is 0.339 e. The van der Waals surface area contributed by atoms with Gasteiger partial charge in [0.2, 0.25) is 0 Å². The van der Waals surface area contributed by atoms with E-state index in [1.807, 2.05) is 0 Å². The van der Waals surface area contributed by atoms with Gasteiger partial charge in [-0.05, 0) is 12.1 Å². The van der Waals surface area contributed by atoms with Crippen LogP contribution < -0.4 is 0 Å². The molecule has 18 heavy (non-hydrogen) atoms. The lowest BCUT2D eigenvalue weighted by molar-refractivity contribution is -0.123. The van der Waals surface area contributed by atoms with E-state index in [9.17, 15) is 15.0 Å². The first-order valence-corrected chi connectivity index (χ1v) is 5.64. The summed E-state index contributed by atoms with van der Waals surface area (Å²) in [4.78, 5) is 15.3. The lowest BCUT2D eigenvalue weighted by atomic mass is 10.0. The molecule has 1 aliphatic rings. The minimum absolute atomic E-state index is 0.0757. The number of aliphatic hydroxyl groups excluding tert-OH is 2. The largest absolute Gasteiger partial charge is 0.465 e. The standard InChI is InChI=1S/C12H15NO5/c1-17-12(16)7-2-3-8(13-5-7)11-4-9(14)10(15)6-18-11/h2-3,5,9-11,14-15H,4,6H2,1H3/t9-,10+,11+/m0/s1. The van der Waals surface area contributed by atoms with Gasteiger partial charge in [-0.2, -0.15) is 0 Å². The van der Waals surface area contributed by atoms with Crippen molar-refractivity contribution in [3.8, 4) is 0 Å². The van der Waals surface area contributed by atoms with Crippen molar-refractivity contribution in [3.63, 3.8) is 0 Å². The first-order chi connectivity index (χ1) is 8.61. The number of hydrogen-bond acceptors (Lipinski definition) is 6. The number of esters is 1. The summed E-state index contributed by atoms with van der Waals surface area (Å²) in [6.45, 7) is 0.0757. The topological polar surface area (TPSA) is 88.9 Å². The van der Waals surface area contributed by atoms with Gasteiger partial charge in [0.15, 0.2) is 0 Å². The SMILES string of the molecule is COC(=O)c1ccc([C@H]2C[C@H](O)[C@H](O)CO2)nc1. The molecule has 0 aliphatic carbocycles. The molecular formula is C12H15NO5. The van der Waals surface area contributed by atoms with Gasteiger partial charge < -0.3 is 19.7 Å². The Labute approximate surface area is 104 Å². The zero-order valence-electron chi connectivity index (χ0n) is 9.94. The second kappa shape index (κ2) is 5.43. The number of aliphatic hydroxyl groups is 2. The molecule has 0 aromatic carbocycles. The van der Waals surface area contributed by atoms with E-state index in [4.69, 9.17) is 4.74 Å². The Morgan fingerprint density at radius 3 is 2.78 bits per heavy atom. The Balaban J connectivity index is 2.08.